The molecule has 0 aromatic heterocycles. The Bertz CT molecular complexity index is 894. The second kappa shape index (κ2) is 6.61. The maximum Gasteiger partial charge on any atom is 0.325 e. The number of nitrogens with one attached hydrogen (secondary N) is 2. The third-order valence-electron chi connectivity index (χ3n) is 5.08. The molecule has 2 fully saturated rings. The van der Waals surface area contributed by atoms with Gasteiger partial charge < -0.3 is 10.6 Å². The topological polar surface area (TPSA) is 139 Å². The van der Waals surface area contributed by atoms with E-state index in [9.17, 15) is 22.8 Å². The van der Waals surface area contributed by atoms with Crippen LogP contribution in [0.5, 0.6) is 0 Å². The van der Waals surface area contributed by atoms with E-state index < -0.39 is 33.5 Å². The van der Waals surface area contributed by atoms with E-state index >= 15 is 0 Å². The number of sulfonamides is 1. The smallest absolute Gasteiger partial charge is 0.325 e. The van der Waals surface area contributed by atoms with Crippen LogP contribution < -0.4 is 15.8 Å². The van der Waals surface area contributed by atoms with E-state index in [2.05, 4.69) is 10.6 Å². The molecule has 0 bridgehead atoms. The lowest BCUT2D eigenvalue weighted by atomic mass is 9.96. The predicted octanol–water partition coefficient (Wildman–Crippen LogP) is 0.232. The number of hydrogen-bond acceptors (Lipinski definition) is 5. The van der Waals surface area contributed by atoms with Crippen molar-refractivity contribution in [2.75, 3.05) is 6.54 Å². The minimum Gasteiger partial charge on any atom is -0.348 e. The van der Waals surface area contributed by atoms with Gasteiger partial charge in [-0.25, -0.2) is 18.4 Å². The lowest BCUT2D eigenvalue weighted by Crippen LogP contribution is -2.47. The number of nitrogens with zero attached hydrogens (tertiary/aromatic N) is 1. The van der Waals surface area contributed by atoms with E-state index in [1.165, 1.54) is 12.1 Å². The molecule has 4 N–H and O–H groups in total. The Morgan fingerprint density at radius 1 is 1.33 bits per heavy atom. The lowest BCUT2D eigenvalue weighted by molar-refractivity contribution is -0.135. The molecule has 1 saturated carbocycles. The highest BCUT2D eigenvalue weighted by Crippen LogP contribution is 2.42. The molecule has 0 spiro atoms. The molecule has 1 aromatic carbocycles. The second-order valence-corrected chi connectivity index (χ2v) is 8.76. The van der Waals surface area contributed by atoms with Crippen LogP contribution in [0.1, 0.15) is 38.3 Å². The van der Waals surface area contributed by atoms with Crippen LogP contribution in [-0.2, 0) is 19.6 Å². The zero-order valence-electron chi connectivity index (χ0n) is 15.1. The van der Waals surface area contributed by atoms with Gasteiger partial charge in [0.05, 0.1) is 10.9 Å². The van der Waals surface area contributed by atoms with Crippen molar-refractivity contribution in [1.82, 2.24) is 15.5 Å². The number of imide groups is 1. The van der Waals surface area contributed by atoms with Gasteiger partial charge in [-0.3, -0.25) is 14.5 Å². The van der Waals surface area contributed by atoms with Crippen molar-refractivity contribution in [1.29, 1.82) is 0 Å². The first kappa shape index (κ1) is 19.3. The molecule has 4 amide bonds. The second-order valence-electron chi connectivity index (χ2n) is 7.20. The van der Waals surface area contributed by atoms with E-state index in [1.807, 2.05) is 0 Å². The zero-order valence-corrected chi connectivity index (χ0v) is 15.9. The minimum atomic E-state index is -3.79. The molecule has 27 heavy (non-hydrogen) atoms. The van der Waals surface area contributed by atoms with E-state index in [0.29, 0.717) is 5.56 Å². The summed E-state index contributed by atoms with van der Waals surface area (Å²) >= 11 is 0. The lowest BCUT2D eigenvalue weighted by Gasteiger charge is -2.21. The van der Waals surface area contributed by atoms with E-state index in [0.717, 1.165) is 17.7 Å². The van der Waals surface area contributed by atoms with Crippen LogP contribution in [0.4, 0.5) is 4.79 Å². The Morgan fingerprint density at radius 3 is 2.44 bits per heavy atom. The Balaban J connectivity index is 1.62. The van der Waals surface area contributed by atoms with Crippen LogP contribution >= 0.6 is 0 Å². The number of primary sulfonamides is 1. The highest BCUT2D eigenvalue weighted by Gasteiger charge is 2.56. The van der Waals surface area contributed by atoms with Crippen LogP contribution in [0.3, 0.4) is 0 Å². The van der Waals surface area contributed by atoms with Crippen LogP contribution in [-0.4, -0.2) is 43.2 Å². The van der Waals surface area contributed by atoms with Gasteiger partial charge in [-0.05, 0) is 50.3 Å². The van der Waals surface area contributed by atoms with Crippen molar-refractivity contribution in [3.8, 4) is 0 Å². The fourth-order valence-electron chi connectivity index (χ4n) is 3.26. The molecule has 3 rings (SSSR count). The molecule has 1 aromatic rings. The number of amides is 4. The summed E-state index contributed by atoms with van der Waals surface area (Å²) in [5.74, 6) is -0.741. The van der Waals surface area contributed by atoms with Gasteiger partial charge in [-0.15, -0.1) is 0 Å². The van der Waals surface area contributed by atoms with E-state index in [4.69, 9.17) is 5.14 Å². The summed E-state index contributed by atoms with van der Waals surface area (Å²) in [6.45, 7) is 3.04. The van der Waals surface area contributed by atoms with Crippen molar-refractivity contribution in [3.05, 3.63) is 29.8 Å². The van der Waals surface area contributed by atoms with Crippen molar-refractivity contribution >= 4 is 27.9 Å². The summed E-state index contributed by atoms with van der Waals surface area (Å²) in [5, 5.41) is 10.4. The molecule has 0 unspecified atom stereocenters. The standard InChI is InChI=1S/C17H22N4O5S/c1-10(11-3-7-13(8-4-11)27(18,25)26)19-14(22)9-21-15(23)17(2,12-5-6-12)20-16(21)24/h3-4,7-8,10,12H,5-6,9H2,1-2H3,(H,19,22)(H,20,24)(H2,18,25,26)/t10-,17-/m0/s1. The quantitative estimate of drug-likeness (QED) is 0.593. The fourth-order valence-corrected chi connectivity index (χ4v) is 3.77. The van der Waals surface area contributed by atoms with Crippen LogP contribution in [0.15, 0.2) is 29.2 Å². The molecule has 1 heterocycles. The average Bonchev–Trinajstić information content (AvgIpc) is 3.40. The summed E-state index contributed by atoms with van der Waals surface area (Å²) in [6.07, 6.45) is 1.77. The fraction of sp³-hybridized carbons (Fsp3) is 0.471. The van der Waals surface area contributed by atoms with Gasteiger partial charge in [-0.1, -0.05) is 12.1 Å². The van der Waals surface area contributed by atoms with Gasteiger partial charge in [0, 0.05) is 0 Å². The summed E-state index contributed by atoms with van der Waals surface area (Å²) in [7, 11) is -3.79. The first-order chi connectivity index (χ1) is 12.5. The predicted molar refractivity (Wildman–Crippen MR) is 95.7 cm³/mol. The number of hydrogen-bond donors (Lipinski definition) is 3. The summed E-state index contributed by atoms with van der Waals surface area (Å²) < 4.78 is 22.6. The maximum atomic E-state index is 12.5. The van der Waals surface area contributed by atoms with Crippen LogP contribution in [0.25, 0.3) is 0 Å². The first-order valence-electron chi connectivity index (χ1n) is 8.58. The molecular weight excluding hydrogens is 372 g/mol. The summed E-state index contributed by atoms with van der Waals surface area (Å²) in [4.78, 5) is 37.8. The molecule has 1 aliphatic carbocycles. The average molecular weight is 394 g/mol. The summed E-state index contributed by atoms with van der Waals surface area (Å²) in [5.41, 5.74) is -0.261. The Morgan fingerprint density at radius 2 is 1.93 bits per heavy atom. The van der Waals surface area contributed by atoms with Crippen molar-refractivity contribution in [2.45, 2.75) is 43.2 Å². The molecule has 1 aliphatic heterocycles. The number of nitrogens with two attached hydrogens (primary N) is 1. The third-order valence-corrected chi connectivity index (χ3v) is 6.01. The van der Waals surface area contributed by atoms with Gasteiger partial charge in [0.1, 0.15) is 12.1 Å². The van der Waals surface area contributed by atoms with E-state index in [-0.39, 0.29) is 23.3 Å². The largest absolute Gasteiger partial charge is 0.348 e. The highest BCUT2D eigenvalue weighted by molar-refractivity contribution is 7.89. The van der Waals surface area contributed by atoms with Gasteiger partial charge in [0.25, 0.3) is 5.91 Å². The zero-order chi connectivity index (χ0) is 20.0. The van der Waals surface area contributed by atoms with Crippen molar-refractivity contribution in [3.63, 3.8) is 0 Å². The van der Waals surface area contributed by atoms with Crippen molar-refractivity contribution < 1.29 is 22.8 Å². The minimum absolute atomic E-state index is 0.0246. The number of rotatable bonds is 6. The molecular formula is C17H22N4O5S. The number of urea groups is 1. The van der Waals surface area contributed by atoms with Gasteiger partial charge in [0.15, 0.2) is 0 Å². The third kappa shape index (κ3) is 3.81. The van der Waals surface area contributed by atoms with Gasteiger partial charge in [0.2, 0.25) is 15.9 Å². The van der Waals surface area contributed by atoms with Crippen molar-refractivity contribution in [2.24, 2.45) is 11.1 Å². The Kier molecular flexibility index (Phi) is 4.73. The summed E-state index contributed by atoms with van der Waals surface area (Å²) in [6, 6.07) is 4.79. The monoisotopic (exact) mass is 394 g/mol. The molecule has 2 atom stereocenters. The Hall–Kier alpha value is -2.46. The normalized spacial score (nSPS) is 23.9. The number of benzene rings is 1. The molecule has 9 nitrogen and oxygen atoms in total. The van der Waals surface area contributed by atoms with E-state index in [1.54, 1.807) is 26.0 Å². The van der Waals surface area contributed by atoms with Gasteiger partial charge in [-0.2, -0.15) is 0 Å². The van der Waals surface area contributed by atoms with Crippen LogP contribution in [0.2, 0.25) is 0 Å². The first-order valence-corrected chi connectivity index (χ1v) is 10.1. The maximum absolute atomic E-state index is 12.5. The molecule has 2 aliphatic rings. The Labute approximate surface area is 157 Å². The SMILES string of the molecule is C[C@H](NC(=O)CN1C(=O)N[C@@](C)(C2CC2)C1=O)c1ccc(S(N)(=O)=O)cc1. The van der Waals surface area contributed by atoms with Crippen LogP contribution in [0, 0.1) is 5.92 Å². The molecule has 10 heteroatoms. The number of carbonyl (C=O) groups excluding carboxylic acids is 3. The number of carbonyl (C=O) groups is 3. The van der Waals surface area contributed by atoms with Gasteiger partial charge >= 0.3 is 6.03 Å². The molecule has 146 valence electrons. The highest BCUT2D eigenvalue weighted by atomic mass is 32.2. The molecule has 0 radical (unpaired) electrons. The molecule has 1 saturated heterocycles.